The van der Waals surface area contributed by atoms with Gasteiger partial charge in [-0.3, -0.25) is 4.90 Å². The number of nitrogens with one attached hydrogen (secondary N) is 1. The number of aromatic nitrogens is 2. The fourth-order valence-electron chi connectivity index (χ4n) is 2.02. The molecule has 0 aliphatic heterocycles. The fourth-order valence-corrected chi connectivity index (χ4v) is 2.02. The van der Waals surface area contributed by atoms with Crippen LogP contribution in [0.2, 0.25) is 0 Å². The summed E-state index contributed by atoms with van der Waals surface area (Å²) < 4.78 is 0. The number of rotatable bonds is 6. The van der Waals surface area contributed by atoms with Crippen molar-refractivity contribution in [3.05, 3.63) is 17.6 Å². The van der Waals surface area contributed by atoms with Gasteiger partial charge in [0.05, 0.1) is 6.54 Å². The molecule has 0 spiro atoms. The van der Waals surface area contributed by atoms with Crippen LogP contribution in [0, 0.1) is 12.8 Å². The van der Waals surface area contributed by atoms with Gasteiger partial charge in [-0.15, -0.1) is 0 Å². The molecule has 0 atom stereocenters. The Kier molecular flexibility index (Phi) is 3.94. The van der Waals surface area contributed by atoms with E-state index in [1.807, 2.05) is 13.0 Å². The molecule has 1 heterocycles. The number of anilines is 1. The third kappa shape index (κ3) is 3.97. The molecule has 0 bridgehead atoms. The van der Waals surface area contributed by atoms with Gasteiger partial charge in [-0.2, -0.15) is 0 Å². The summed E-state index contributed by atoms with van der Waals surface area (Å²) in [6.07, 6.45) is 2.78. The van der Waals surface area contributed by atoms with Crippen LogP contribution in [0.5, 0.6) is 0 Å². The van der Waals surface area contributed by atoms with E-state index in [-0.39, 0.29) is 0 Å². The monoisotopic (exact) mass is 234 g/mol. The minimum Gasteiger partial charge on any atom is -0.370 e. The summed E-state index contributed by atoms with van der Waals surface area (Å²) >= 11 is 0. The predicted molar refractivity (Wildman–Crippen MR) is 70.0 cm³/mol. The Morgan fingerprint density at radius 1 is 1.41 bits per heavy atom. The Balaban J connectivity index is 1.97. The van der Waals surface area contributed by atoms with Crippen LogP contribution in [-0.4, -0.2) is 35.0 Å². The van der Waals surface area contributed by atoms with Crippen LogP contribution in [0.3, 0.4) is 0 Å². The first-order chi connectivity index (χ1) is 8.17. The minimum atomic E-state index is 0.844. The van der Waals surface area contributed by atoms with Crippen molar-refractivity contribution in [2.45, 2.75) is 33.2 Å². The van der Waals surface area contributed by atoms with Crippen LogP contribution >= 0.6 is 0 Å². The van der Waals surface area contributed by atoms with Gasteiger partial charge < -0.3 is 5.32 Å². The van der Waals surface area contributed by atoms with E-state index < -0.39 is 0 Å². The van der Waals surface area contributed by atoms with Crippen molar-refractivity contribution in [2.75, 3.05) is 25.5 Å². The van der Waals surface area contributed by atoms with Crippen molar-refractivity contribution < 1.29 is 0 Å². The highest BCUT2D eigenvalue weighted by Crippen LogP contribution is 2.29. The molecule has 1 fully saturated rings. The van der Waals surface area contributed by atoms with Crippen molar-refractivity contribution in [1.82, 2.24) is 14.9 Å². The van der Waals surface area contributed by atoms with Gasteiger partial charge in [0.2, 0.25) is 0 Å². The lowest BCUT2D eigenvalue weighted by Crippen LogP contribution is -2.22. The molecule has 17 heavy (non-hydrogen) atoms. The Hall–Kier alpha value is -1.16. The summed E-state index contributed by atoms with van der Waals surface area (Å²) in [4.78, 5) is 11.3. The summed E-state index contributed by atoms with van der Waals surface area (Å²) in [5.74, 6) is 2.77. The quantitative estimate of drug-likeness (QED) is 0.818. The molecule has 0 unspecified atom stereocenters. The van der Waals surface area contributed by atoms with Crippen molar-refractivity contribution in [2.24, 2.45) is 5.92 Å². The second kappa shape index (κ2) is 5.45. The van der Waals surface area contributed by atoms with Gasteiger partial charge in [0, 0.05) is 24.8 Å². The minimum absolute atomic E-state index is 0.844. The molecular weight excluding hydrogens is 212 g/mol. The van der Waals surface area contributed by atoms with Gasteiger partial charge >= 0.3 is 0 Å². The zero-order valence-corrected chi connectivity index (χ0v) is 11.0. The smallest absolute Gasteiger partial charge is 0.144 e. The van der Waals surface area contributed by atoms with Crippen molar-refractivity contribution in [3.8, 4) is 0 Å². The maximum absolute atomic E-state index is 4.53. The first-order valence-electron chi connectivity index (χ1n) is 6.44. The molecule has 0 aromatic carbocycles. The Morgan fingerprint density at radius 3 is 2.82 bits per heavy atom. The normalized spacial score (nSPS) is 15.3. The molecule has 4 heteroatoms. The number of aryl methyl sites for hydroxylation is 1. The summed E-state index contributed by atoms with van der Waals surface area (Å²) in [6, 6.07) is 1.99. The Labute approximate surface area is 103 Å². The maximum atomic E-state index is 4.53. The van der Waals surface area contributed by atoms with Gasteiger partial charge in [-0.1, -0.05) is 0 Å². The molecule has 2 rings (SSSR count). The number of nitrogens with zero attached hydrogens (tertiary/aromatic N) is 3. The molecular formula is C13H22N4. The zero-order valence-electron chi connectivity index (χ0n) is 11.0. The van der Waals surface area contributed by atoms with E-state index >= 15 is 0 Å². The topological polar surface area (TPSA) is 41.1 Å². The summed E-state index contributed by atoms with van der Waals surface area (Å²) in [5, 5.41) is 3.25. The average Bonchev–Trinajstić information content (AvgIpc) is 3.00. The predicted octanol–water partition coefficient (Wildman–Crippen LogP) is 2.06. The molecule has 4 nitrogen and oxygen atoms in total. The van der Waals surface area contributed by atoms with E-state index in [4.69, 9.17) is 0 Å². The van der Waals surface area contributed by atoms with Crippen LogP contribution in [0.4, 0.5) is 5.82 Å². The first-order valence-corrected chi connectivity index (χ1v) is 6.44. The summed E-state index contributed by atoms with van der Waals surface area (Å²) in [6.45, 7) is 7.02. The van der Waals surface area contributed by atoms with E-state index in [0.717, 1.165) is 36.3 Å². The third-order valence-corrected chi connectivity index (χ3v) is 2.94. The third-order valence-electron chi connectivity index (χ3n) is 2.94. The molecule has 0 saturated heterocycles. The van der Waals surface area contributed by atoms with Gasteiger partial charge in [0.15, 0.2) is 0 Å². The van der Waals surface area contributed by atoms with E-state index in [1.54, 1.807) is 0 Å². The molecule has 1 aromatic heterocycles. The molecule has 1 saturated carbocycles. The van der Waals surface area contributed by atoms with Crippen molar-refractivity contribution >= 4 is 5.82 Å². The number of hydrogen-bond acceptors (Lipinski definition) is 4. The fraction of sp³-hybridized carbons (Fsp3) is 0.692. The van der Waals surface area contributed by atoms with Crippen molar-refractivity contribution in [1.29, 1.82) is 0 Å². The average molecular weight is 234 g/mol. The molecule has 0 amide bonds. The Morgan fingerprint density at radius 2 is 2.18 bits per heavy atom. The zero-order chi connectivity index (χ0) is 12.3. The van der Waals surface area contributed by atoms with E-state index in [2.05, 4.69) is 34.2 Å². The van der Waals surface area contributed by atoms with E-state index in [1.165, 1.54) is 19.4 Å². The highest BCUT2D eigenvalue weighted by molar-refractivity contribution is 5.35. The Bertz CT molecular complexity index is 374. The maximum Gasteiger partial charge on any atom is 0.144 e. The standard InChI is InChI=1S/C13H22N4/c1-4-14-12-7-10(2)15-13(16-12)9-17(3)8-11-5-6-11/h7,11H,4-6,8-9H2,1-3H3,(H,14,15,16). The molecule has 0 radical (unpaired) electrons. The van der Waals surface area contributed by atoms with E-state index in [0.29, 0.717) is 0 Å². The second-order valence-electron chi connectivity index (χ2n) is 4.98. The second-order valence-corrected chi connectivity index (χ2v) is 4.98. The van der Waals surface area contributed by atoms with Crippen LogP contribution in [-0.2, 0) is 6.54 Å². The van der Waals surface area contributed by atoms with Gasteiger partial charge in [0.1, 0.15) is 11.6 Å². The molecule has 1 aromatic rings. The molecule has 94 valence electrons. The molecule has 1 aliphatic rings. The van der Waals surface area contributed by atoms with Crippen LogP contribution in [0.15, 0.2) is 6.07 Å². The largest absolute Gasteiger partial charge is 0.370 e. The van der Waals surface area contributed by atoms with Crippen LogP contribution in [0.1, 0.15) is 31.3 Å². The van der Waals surface area contributed by atoms with Crippen molar-refractivity contribution in [3.63, 3.8) is 0 Å². The van der Waals surface area contributed by atoms with E-state index in [9.17, 15) is 0 Å². The van der Waals surface area contributed by atoms with Gasteiger partial charge in [0.25, 0.3) is 0 Å². The van der Waals surface area contributed by atoms with Crippen LogP contribution < -0.4 is 5.32 Å². The number of hydrogen-bond donors (Lipinski definition) is 1. The molecule has 1 N–H and O–H groups in total. The lowest BCUT2D eigenvalue weighted by atomic mass is 10.3. The summed E-state index contributed by atoms with van der Waals surface area (Å²) in [5.41, 5.74) is 1.03. The first kappa shape index (κ1) is 12.3. The van der Waals surface area contributed by atoms with Crippen LogP contribution in [0.25, 0.3) is 0 Å². The lowest BCUT2D eigenvalue weighted by Gasteiger charge is -2.15. The molecule has 1 aliphatic carbocycles. The SMILES string of the molecule is CCNc1cc(C)nc(CN(C)CC2CC2)n1. The highest BCUT2D eigenvalue weighted by atomic mass is 15.1. The van der Waals surface area contributed by atoms with Gasteiger partial charge in [-0.25, -0.2) is 9.97 Å². The summed E-state index contributed by atoms with van der Waals surface area (Å²) in [7, 11) is 2.15. The van der Waals surface area contributed by atoms with Gasteiger partial charge in [-0.05, 0) is 39.7 Å². The highest BCUT2D eigenvalue weighted by Gasteiger charge is 2.23. The lowest BCUT2D eigenvalue weighted by molar-refractivity contribution is 0.305.